The molecule has 1 unspecified atom stereocenters. The fourth-order valence-electron chi connectivity index (χ4n) is 2.48. The monoisotopic (exact) mass is 323 g/mol. The van der Waals surface area contributed by atoms with Crippen molar-refractivity contribution >= 4 is 23.4 Å². The third kappa shape index (κ3) is 4.21. The van der Waals surface area contributed by atoms with Crippen LogP contribution in [0.3, 0.4) is 0 Å². The summed E-state index contributed by atoms with van der Waals surface area (Å²) in [6, 6.07) is 7.30. The first-order valence-corrected chi connectivity index (χ1v) is 7.90. The zero-order valence-electron chi connectivity index (χ0n) is 12.8. The molecule has 0 aliphatic carbocycles. The molecule has 22 heavy (non-hydrogen) atoms. The van der Waals surface area contributed by atoms with Crippen LogP contribution in [0.25, 0.3) is 0 Å². The Kier molecular flexibility index (Phi) is 5.80. The molecule has 1 aliphatic rings. The zero-order valence-corrected chi connectivity index (χ0v) is 13.6. The van der Waals surface area contributed by atoms with Gasteiger partial charge in [0.1, 0.15) is 0 Å². The normalized spacial score (nSPS) is 16.5. The van der Waals surface area contributed by atoms with Crippen LogP contribution in [0.15, 0.2) is 24.3 Å². The van der Waals surface area contributed by atoms with Crippen LogP contribution in [-0.2, 0) is 16.0 Å². The van der Waals surface area contributed by atoms with Crippen molar-refractivity contribution < 1.29 is 9.59 Å². The summed E-state index contributed by atoms with van der Waals surface area (Å²) in [5, 5.41) is 0.664. The number of halogens is 1. The van der Waals surface area contributed by atoms with Crippen molar-refractivity contribution in [2.75, 3.05) is 32.7 Å². The standard InChI is InChI=1S/C16H22ClN3O2/c1-12(11-18)16(22)20-8-6-19(7-9-20)15(21)10-13-2-4-14(17)5-3-13/h2-5,12H,6-11,18H2,1H3. The molecule has 2 rings (SSSR count). The zero-order chi connectivity index (χ0) is 16.1. The molecule has 0 aromatic heterocycles. The molecule has 0 saturated carbocycles. The van der Waals surface area contributed by atoms with E-state index >= 15 is 0 Å². The van der Waals surface area contributed by atoms with Crippen molar-refractivity contribution in [3.8, 4) is 0 Å². The summed E-state index contributed by atoms with van der Waals surface area (Å²) in [4.78, 5) is 28.0. The molecule has 1 saturated heterocycles. The van der Waals surface area contributed by atoms with Crippen LogP contribution in [0.5, 0.6) is 0 Å². The maximum Gasteiger partial charge on any atom is 0.227 e. The van der Waals surface area contributed by atoms with Crippen LogP contribution in [0, 0.1) is 5.92 Å². The lowest BCUT2D eigenvalue weighted by Crippen LogP contribution is -2.52. The van der Waals surface area contributed by atoms with E-state index in [9.17, 15) is 9.59 Å². The number of rotatable bonds is 4. The molecule has 6 heteroatoms. The van der Waals surface area contributed by atoms with Crippen molar-refractivity contribution in [2.45, 2.75) is 13.3 Å². The van der Waals surface area contributed by atoms with E-state index in [2.05, 4.69) is 0 Å². The number of hydrogen-bond acceptors (Lipinski definition) is 3. The van der Waals surface area contributed by atoms with Gasteiger partial charge in [-0.05, 0) is 17.7 Å². The summed E-state index contributed by atoms with van der Waals surface area (Å²) in [7, 11) is 0. The number of carbonyl (C=O) groups is 2. The second-order valence-electron chi connectivity index (χ2n) is 5.65. The van der Waals surface area contributed by atoms with Gasteiger partial charge in [-0.1, -0.05) is 30.7 Å². The lowest BCUT2D eigenvalue weighted by atomic mass is 10.1. The van der Waals surface area contributed by atoms with Gasteiger partial charge in [0.25, 0.3) is 0 Å². The Morgan fingerprint density at radius 2 is 1.68 bits per heavy atom. The van der Waals surface area contributed by atoms with Gasteiger partial charge in [0.15, 0.2) is 0 Å². The highest BCUT2D eigenvalue weighted by Gasteiger charge is 2.26. The molecule has 2 amide bonds. The van der Waals surface area contributed by atoms with Crippen molar-refractivity contribution in [1.82, 2.24) is 9.80 Å². The third-order valence-corrected chi connectivity index (χ3v) is 4.24. The second-order valence-corrected chi connectivity index (χ2v) is 6.08. The minimum absolute atomic E-state index is 0.0762. The Morgan fingerprint density at radius 3 is 2.23 bits per heavy atom. The van der Waals surface area contributed by atoms with Gasteiger partial charge >= 0.3 is 0 Å². The van der Waals surface area contributed by atoms with Gasteiger partial charge in [-0.2, -0.15) is 0 Å². The molecule has 1 aromatic carbocycles. The van der Waals surface area contributed by atoms with Crippen molar-refractivity contribution in [1.29, 1.82) is 0 Å². The lowest BCUT2D eigenvalue weighted by Gasteiger charge is -2.36. The highest BCUT2D eigenvalue weighted by molar-refractivity contribution is 6.30. The Balaban J connectivity index is 1.84. The molecule has 0 spiro atoms. The van der Waals surface area contributed by atoms with Crippen molar-refractivity contribution in [3.63, 3.8) is 0 Å². The van der Waals surface area contributed by atoms with Crippen LogP contribution in [-0.4, -0.2) is 54.3 Å². The van der Waals surface area contributed by atoms with Crippen LogP contribution >= 0.6 is 11.6 Å². The summed E-state index contributed by atoms with van der Waals surface area (Å²) >= 11 is 5.84. The van der Waals surface area contributed by atoms with Gasteiger partial charge in [0.2, 0.25) is 11.8 Å². The summed E-state index contributed by atoms with van der Waals surface area (Å²) in [6.07, 6.45) is 0.365. The number of carbonyl (C=O) groups excluding carboxylic acids is 2. The minimum atomic E-state index is -0.156. The molecule has 1 atom stereocenters. The topological polar surface area (TPSA) is 66.6 Å². The fourth-order valence-corrected chi connectivity index (χ4v) is 2.60. The number of hydrogen-bond donors (Lipinski definition) is 1. The van der Waals surface area contributed by atoms with Crippen molar-refractivity contribution in [3.05, 3.63) is 34.9 Å². The summed E-state index contributed by atoms with van der Waals surface area (Å²) < 4.78 is 0. The fraction of sp³-hybridized carbons (Fsp3) is 0.500. The Bertz CT molecular complexity index is 525. The lowest BCUT2D eigenvalue weighted by molar-refractivity contribution is -0.141. The van der Waals surface area contributed by atoms with E-state index in [1.807, 2.05) is 24.0 Å². The van der Waals surface area contributed by atoms with Gasteiger partial charge < -0.3 is 15.5 Å². The number of benzene rings is 1. The number of piperazine rings is 1. The molecular formula is C16H22ClN3O2. The Labute approximate surface area is 136 Å². The average Bonchev–Trinajstić information content (AvgIpc) is 2.55. The van der Waals surface area contributed by atoms with Crippen LogP contribution in [0.1, 0.15) is 12.5 Å². The smallest absolute Gasteiger partial charge is 0.227 e. The molecule has 1 aliphatic heterocycles. The van der Waals surface area contributed by atoms with E-state index in [-0.39, 0.29) is 17.7 Å². The molecule has 5 nitrogen and oxygen atoms in total. The van der Waals surface area contributed by atoms with Crippen LogP contribution in [0.2, 0.25) is 5.02 Å². The van der Waals surface area contributed by atoms with Crippen LogP contribution < -0.4 is 5.73 Å². The third-order valence-electron chi connectivity index (χ3n) is 3.99. The molecule has 1 fully saturated rings. The van der Waals surface area contributed by atoms with E-state index in [0.717, 1.165) is 5.56 Å². The van der Waals surface area contributed by atoms with Gasteiger partial charge in [-0.15, -0.1) is 0 Å². The SMILES string of the molecule is CC(CN)C(=O)N1CCN(C(=O)Cc2ccc(Cl)cc2)CC1. The summed E-state index contributed by atoms with van der Waals surface area (Å²) in [5.74, 6) is 0.00455. The molecular weight excluding hydrogens is 302 g/mol. The summed E-state index contributed by atoms with van der Waals surface area (Å²) in [5.41, 5.74) is 6.48. The molecule has 2 N–H and O–H groups in total. The highest BCUT2D eigenvalue weighted by atomic mass is 35.5. The predicted octanol–water partition coefficient (Wildman–Crippen LogP) is 1.15. The molecule has 120 valence electrons. The summed E-state index contributed by atoms with van der Waals surface area (Å²) in [6.45, 7) is 4.50. The van der Waals surface area contributed by atoms with Gasteiger partial charge in [-0.25, -0.2) is 0 Å². The van der Waals surface area contributed by atoms with Gasteiger partial charge in [0.05, 0.1) is 6.42 Å². The van der Waals surface area contributed by atoms with E-state index in [4.69, 9.17) is 17.3 Å². The first-order chi connectivity index (χ1) is 10.5. The van der Waals surface area contributed by atoms with E-state index in [1.165, 1.54) is 0 Å². The predicted molar refractivity (Wildman–Crippen MR) is 86.5 cm³/mol. The first kappa shape index (κ1) is 16.8. The average molecular weight is 324 g/mol. The number of amides is 2. The van der Waals surface area contributed by atoms with Gasteiger partial charge in [0, 0.05) is 43.7 Å². The first-order valence-electron chi connectivity index (χ1n) is 7.52. The van der Waals surface area contributed by atoms with Gasteiger partial charge in [-0.3, -0.25) is 9.59 Å². The van der Waals surface area contributed by atoms with E-state index in [1.54, 1.807) is 17.0 Å². The Morgan fingerprint density at radius 1 is 1.14 bits per heavy atom. The molecule has 0 bridgehead atoms. The minimum Gasteiger partial charge on any atom is -0.339 e. The molecule has 1 heterocycles. The molecule has 0 radical (unpaired) electrons. The number of nitrogens with two attached hydrogens (primary N) is 1. The molecule has 1 aromatic rings. The second kappa shape index (κ2) is 7.61. The highest BCUT2D eigenvalue weighted by Crippen LogP contribution is 2.12. The van der Waals surface area contributed by atoms with E-state index in [0.29, 0.717) is 44.2 Å². The number of nitrogens with zero attached hydrogens (tertiary/aromatic N) is 2. The van der Waals surface area contributed by atoms with E-state index < -0.39 is 0 Å². The largest absolute Gasteiger partial charge is 0.339 e. The maximum absolute atomic E-state index is 12.3. The maximum atomic E-state index is 12.3. The quantitative estimate of drug-likeness (QED) is 0.904. The van der Waals surface area contributed by atoms with Crippen LogP contribution in [0.4, 0.5) is 0 Å². The van der Waals surface area contributed by atoms with Crippen molar-refractivity contribution in [2.24, 2.45) is 11.7 Å². The Hall–Kier alpha value is -1.59.